The van der Waals surface area contributed by atoms with E-state index in [1.165, 1.54) is 109 Å². The topological polar surface area (TPSA) is 27.7 Å². The first-order valence-electron chi connectivity index (χ1n) is 15.8. The lowest BCUT2D eigenvalue weighted by molar-refractivity contribution is 0.00472. The molecular formula is C33H56O3. The fourth-order valence-electron chi connectivity index (χ4n) is 6.25. The van der Waals surface area contributed by atoms with Gasteiger partial charge in [-0.3, -0.25) is 0 Å². The Hall–Kier alpha value is -1.22. The van der Waals surface area contributed by atoms with E-state index in [0.29, 0.717) is 12.0 Å². The molecule has 3 heteroatoms. The zero-order chi connectivity index (χ0) is 25.3. The van der Waals surface area contributed by atoms with Crippen molar-refractivity contribution in [2.24, 2.45) is 17.8 Å². The number of ether oxygens (including phenoxy) is 3. The molecule has 0 unspecified atom stereocenters. The fraction of sp³-hybridized carbons (Fsp3) is 0.818. The third kappa shape index (κ3) is 11.4. The van der Waals surface area contributed by atoms with Gasteiger partial charge in [0.1, 0.15) is 11.5 Å². The van der Waals surface area contributed by atoms with Crippen molar-refractivity contribution >= 4 is 0 Å². The van der Waals surface area contributed by atoms with Crippen molar-refractivity contribution in [3.8, 4) is 11.5 Å². The van der Waals surface area contributed by atoms with E-state index in [0.717, 1.165) is 49.6 Å². The Kier molecular flexibility index (Phi) is 14.8. The molecule has 0 heterocycles. The van der Waals surface area contributed by atoms with Gasteiger partial charge in [-0.15, -0.1) is 0 Å². The number of unbranched alkanes of at least 4 members (excludes halogenated alkanes) is 8. The van der Waals surface area contributed by atoms with Crippen molar-refractivity contribution in [3.63, 3.8) is 0 Å². The SMILES string of the molecule is CCCCCCCOc1ccc(OCC2CCC(C3CCC(OCCCCCCC)CC3)CC2)cc1. The minimum Gasteiger partial charge on any atom is -0.494 e. The van der Waals surface area contributed by atoms with Crippen molar-refractivity contribution in [2.45, 2.75) is 136 Å². The van der Waals surface area contributed by atoms with Crippen LogP contribution in [-0.4, -0.2) is 25.9 Å². The van der Waals surface area contributed by atoms with Gasteiger partial charge in [-0.25, -0.2) is 0 Å². The van der Waals surface area contributed by atoms with Crippen LogP contribution >= 0.6 is 0 Å². The molecule has 3 nitrogen and oxygen atoms in total. The average molecular weight is 501 g/mol. The zero-order valence-corrected chi connectivity index (χ0v) is 23.7. The Morgan fingerprint density at radius 3 is 1.64 bits per heavy atom. The molecule has 0 aliphatic heterocycles. The Balaban J connectivity index is 1.22. The lowest BCUT2D eigenvalue weighted by Gasteiger charge is -2.37. The van der Waals surface area contributed by atoms with Gasteiger partial charge in [0.05, 0.1) is 19.3 Å². The largest absolute Gasteiger partial charge is 0.494 e. The van der Waals surface area contributed by atoms with Gasteiger partial charge in [-0.05, 0) is 106 Å². The Labute approximate surface area is 223 Å². The summed E-state index contributed by atoms with van der Waals surface area (Å²) in [5.74, 6) is 4.54. The molecule has 0 aromatic heterocycles. The van der Waals surface area contributed by atoms with E-state index in [1.807, 2.05) is 0 Å². The van der Waals surface area contributed by atoms with E-state index in [2.05, 4.69) is 38.1 Å². The molecule has 2 fully saturated rings. The minimum absolute atomic E-state index is 0.541. The predicted molar refractivity (Wildman–Crippen MR) is 152 cm³/mol. The van der Waals surface area contributed by atoms with Crippen molar-refractivity contribution in [2.75, 3.05) is 19.8 Å². The molecule has 1 aromatic rings. The highest BCUT2D eigenvalue weighted by atomic mass is 16.5. The molecule has 0 N–H and O–H groups in total. The quantitative estimate of drug-likeness (QED) is 0.188. The molecule has 36 heavy (non-hydrogen) atoms. The third-order valence-electron chi connectivity index (χ3n) is 8.70. The highest BCUT2D eigenvalue weighted by molar-refractivity contribution is 5.31. The maximum atomic E-state index is 6.21. The van der Waals surface area contributed by atoms with Crippen molar-refractivity contribution in [3.05, 3.63) is 24.3 Å². The molecule has 3 rings (SSSR count). The van der Waals surface area contributed by atoms with Crippen LogP contribution in [0.2, 0.25) is 0 Å². The number of hydrogen-bond acceptors (Lipinski definition) is 3. The number of rotatable bonds is 18. The van der Waals surface area contributed by atoms with E-state index in [-0.39, 0.29) is 0 Å². The molecule has 2 aliphatic carbocycles. The molecule has 2 saturated carbocycles. The lowest BCUT2D eigenvalue weighted by atomic mass is 9.71. The normalized spacial score (nSPS) is 24.5. The van der Waals surface area contributed by atoms with Gasteiger partial charge in [0, 0.05) is 6.61 Å². The molecular weight excluding hydrogens is 444 g/mol. The van der Waals surface area contributed by atoms with E-state index < -0.39 is 0 Å². The van der Waals surface area contributed by atoms with Crippen LogP contribution in [0.25, 0.3) is 0 Å². The summed E-state index contributed by atoms with van der Waals surface area (Å²) < 4.78 is 18.3. The maximum Gasteiger partial charge on any atom is 0.119 e. The van der Waals surface area contributed by atoms with E-state index in [4.69, 9.17) is 14.2 Å². The standard InChI is InChI=1S/C33H56O3/c1-3-5-7-9-11-25-34-31-19-17-30(18-20-31)29-15-13-28(14-16-29)27-36-33-23-21-32(22-24-33)35-26-12-10-8-6-4-2/h21-24,28-31H,3-20,25-27H2,1-2H3. The summed E-state index contributed by atoms with van der Waals surface area (Å²) in [6.07, 6.45) is 24.4. The summed E-state index contributed by atoms with van der Waals surface area (Å²) in [5, 5.41) is 0. The van der Waals surface area contributed by atoms with E-state index in [1.54, 1.807) is 0 Å². The van der Waals surface area contributed by atoms with Gasteiger partial charge in [0.25, 0.3) is 0 Å². The molecule has 0 atom stereocenters. The minimum atomic E-state index is 0.541. The second-order valence-electron chi connectivity index (χ2n) is 11.6. The van der Waals surface area contributed by atoms with E-state index >= 15 is 0 Å². The fourth-order valence-corrected chi connectivity index (χ4v) is 6.25. The summed E-state index contributed by atoms with van der Waals surface area (Å²) in [5.41, 5.74) is 0. The maximum absolute atomic E-state index is 6.21. The van der Waals surface area contributed by atoms with Crippen molar-refractivity contribution in [1.29, 1.82) is 0 Å². The van der Waals surface area contributed by atoms with Crippen molar-refractivity contribution in [1.82, 2.24) is 0 Å². The van der Waals surface area contributed by atoms with Gasteiger partial charge in [0.2, 0.25) is 0 Å². The Morgan fingerprint density at radius 1 is 0.556 bits per heavy atom. The number of benzene rings is 1. The van der Waals surface area contributed by atoms with Crippen LogP contribution in [0, 0.1) is 17.8 Å². The highest BCUT2D eigenvalue weighted by Crippen LogP contribution is 2.40. The summed E-state index contributed by atoms with van der Waals surface area (Å²) in [6, 6.07) is 8.27. The summed E-state index contributed by atoms with van der Waals surface area (Å²) >= 11 is 0. The zero-order valence-electron chi connectivity index (χ0n) is 23.7. The first-order valence-corrected chi connectivity index (χ1v) is 15.8. The van der Waals surface area contributed by atoms with Crippen LogP contribution in [0.15, 0.2) is 24.3 Å². The summed E-state index contributed by atoms with van der Waals surface area (Å²) in [7, 11) is 0. The van der Waals surface area contributed by atoms with Crippen LogP contribution in [0.3, 0.4) is 0 Å². The molecule has 206 valence electrons. The molecule has 0 bridgehead atoms. The summed E-state index contributed by atoms with van der Waals surface area (Å²) in [6.45, 7) is 7.20. The van der Waals surface area contributed by atoms with Crippen LogP contribution in [0.4, 0.5) is 0 Å². The van der Waals surface area contributed by atoms with Gasteiger partial charge in [-0.2, -0.15) is 0 Å². The first kappa shape index (κ1) is 29.3. The molecule has 1 aromatic carbocycles. The van der Waals surface area contributed by atoms with Gasteiger partial charge in [0.15, 0.2) is 0 Å². The Morgan fingerprint density at radius 2 is 1.06 bits per heavy atom. The highest BCUT2D eigenvalue weighted by Gasteiger charge is 2.31. The second kappa shape index (κ2) is 18.1. The van der Waals surface area contributed by atoms with Crippen LogP contribution < -0.4 is 9.47 Å². The Bertz CT molecular complexity index is 641. The molecule has 0 spiro atoms. The average Bonchev–Trinajstić information content (AvgIpc) is 2.93. The van der Waals surface area contributed by atoms with Crippen LogP contribution in [-0.2, 0) is 4.74 Å². The molecule has 2 aliphatic rings. The molecule has 0 radical (unpaired) electrons. The van der Waals surface area contributed by atoms with E-state index in [9.17, 15) is 0 Å². The monoisotopic (exact) mass is 500 g/mol. The van der Waals surface area contributed by atoms with Crippen molar-refractivity contribution < 1.29 is 14.2 Å². The third-order valence-corrected chi connectivity index (χ3v) is 8.70. The second-order valence-corrected chi connectivity index (χ2v) is 11.6. The predicted octanol–water partition coefficient (Wildman–Crippen LogP) is 9.77. The van der Waals surface area contributed by atoms with Gasteiger partial charge < -0.3 is 14.2 Å². The van der Waals surface area contributed by atoms with Crippen LogP contribution in [0.5, 0.6) is 11.5 Å². The lowest BCUT2D eigenvalue weighted by Crippen LogP contribution is -2.29. The van der Waals surface area contributed by atoms with Crippen LogP contribution in [0.1, 0.15) is 129 Å². The molecule has 0 saturated heterocycles. The summed E-state index contributed by atoms with van der Waals surface area (Å²) in [4.78, 5) is 0. The van der Waals surface area contributed by atoms with Gasteiger partial charge >= 0.3 is 0 Å². The van der Waals surface area contributed by atoms with Gasteiger partial charge in [-0.1, -0.05) is 65.2 Å². The first-order chi connectivity index (χ1) is 17.8. The number of hydrogen-bond donors (Lipinski definition) is 0. The smallest absolute Gasteiger partial charge is 0.119 e. The molecule has 0 amide bonds.